The van der Waals surface area contributed by atoms with E-state index in [1.54, 1.807) is 0 Å². The first-order valence-corrected chi connectivity index (χ1v) is 8.72. The minimum absolute atomic E-state index is 0.114. The number of carbonyl (C=O) groups excluding carboxylic acids is 1. The number of rotatable bonds is 7. The molecule has 3 rings (SSSR count). The molecule has 0 spiro atoms. The molecule has 8 nitrogen and oxygen atoms in total. The summed E-state index contributed by atoms with van der Waals surface area (Å²) in [6.07, 6.45) is 2.09. The van der Waals surface area contributed by atoms with E-state index >= 15 is 0 Å². The van der Waals surface area contributed by atoms with Crippen molar-refractivity contribution >= 4 is 17.5 Å². The Morgan fingerprint density at radius 3 is 2.81 bits per heavy atom. The van der Waals surface area contributed by atoms with Gasteiger partial charge in [-0.1, -0.05) is 30.3 Å². The Labute approximate surface area is 157 Å². The van der Waals surface area contributed by atoms with Gasteiger partial charge in [0, 0.05) is 31.9 Å². The van der Waals surface area contributed by atoms with E-state index in [-0.39, 0.29) is 24.0 Å². The van der Waals surface area contributed by atoms with Crippen molar-refractivity contribution in [2.45, 2.75) is 13.0 Å². The smallest absolute Gasteiger partial charge is 0.314 e. The molecule has 1 aromatic carbocycles. The lowest BCUT2D eigenvalue weighted by molar-refractivity contribution is -0.384. The molecule has 0 amide bonds. The molecular formula is C19H22N4O4. The average molecular weight is 370 g/mol. The number of likely N-dealkylation sites (tertiary alicyclic amines) is 1. The van der Waals surface area contributed by atoms with Gasteiger partial charge >= 0.3 is 11.7 Å². The second-order valence-electron chi connectivity index (χ2n) is 6.70. The van der Waals surface area contributed by atoms with Crippen LogP contribution in [-0.2, 0) is 16.1 Å². The molecule has 142 valence electrons. The lowest BCUT2D eigenvalue weighted by atomic mass is 9.87. The van der Waals surface area contributed by atoms with Crippen molar-refractivity contribution in [3.05, 3.63) is 64.3 Å². The van der Waals surface area contributed by atoms with Gasteiger partial charge in [0.05, 0.1) is 17.4 Å². The van der Waals surface area contributed by atoms with E-state index in [0.717, 1.165) is 13.1 Å². The summed E-state index contributed by atoms with van der Waals surface area (Å²) in [7, 11) is 1.37. The highest BCUT2D eigenvalue weighted by Gasteiger charge is 2.45. The fourth-order valence-electron chi connectivity index (χ4n) is 3.47. The molecule has 2 aromatic rings. The SMILES string of the molecule is COC(=O)C1(CNc2ncccc2[N+](=O)[O-])CCN(Cc2ccccc2)C1. The Hall–Kier alpha value is -3.00. The maximum Gasteiger partial charge on any atom is 0.314 e. The van der Waals surface area contributed by atoms with Crippen LogP contribution in [0.4, 0.5) is 11.5 Å². The summed E-state index contributed by atoms with van der Waals surface area (Å²) in [5.41, 5.74) is 0.290. The van der Waals surface area contributed by atoms with Crippen LogP contribution in [0.5, 0.6) is 0 Å². The Balaban J connectivity index is 1.73. The summed E-state index contributed by atoms with van der Waals surface area (Å²) in [6.45, 7) is 2.23. The van der Waals surface area contributed by atoms with Crippen LogP contribution in [0, 0.1) is 15.5 Å². The van der Waals surface area contributed by atoms with Gasteiger partial charge in [-0.25, -0.2) is 4.98 Å². The molecule has 1 aliphatic rings. The van der Waals surface area contributed by atoms with Crippen molar-refractivity contribution in [2.24, 2.45) is 5.41 Å². The van der Waals surface area contributed by atoms with Crippen molar-refractivity contribution in [3.63, 3.8) is 0 Å². The van der Waals surface area contributed by atoms with E-state index in [0.29, 0.717) is 13.0 Å². The number of hydrogen-bond donors (Lipinski definition) is 1. The summed E-state index contributed by atoms with van der Waals surface area (Å²) < 4.78 is 5.04. The number of carbonyl (C=O) groups is 1. The third kappa shape index (κ3) is 4.22. The quantitative estimate of drug-likeness (QED) is 0.454. The number of ether oxygens (including phenoxy) is 1. The van der Waals surface area contributed by atoms with Crippen LogP contribution < -0.4 is 5.32 Å². The number of nitrogens with zero attached hydrogens (tertiary/aromatic N) is 3. The van der Waals surface area contributed by atoms with Crippen LogP contribution in [-0.4, -0.2) is 47.5 Å². The number of benzene rings is 1. The van der Waals surface area contributed by atoms with Gasteiger partial charge in [-0.15, -0.1) is 0 Å². The highest BCUT2D eigenvalue weighted by molar-refractivity contribution is 5.78. The molecule has 1 N–H and O–H groups in total. The summed E-state index contributed by atoms with van der Waals surface area (Å²) in [5, 5.41) is 14.2. The number of anilines is 1. The normalized spacial score (nSPS) is 19.6. The molecule has 1 aromatic heterocycles. The molecule has 1 unspecified atom stereocenters. The van der Waals surface area contributed by atoms with E-state index in [4.69, 9.17) is 4.74 Å². The van der Waals surface area contributed by atoms with Crippen LogP contribution in [0.15, 0.2) is 48.7 Å². The number of aromatic nitrogens is 1. The number of nitro groups is 1. The van der Waals surface area contributed by atoms with Crippen molar-refractivity contribution in [1.29, 1.82) is 0 Å². The first-order chi connectivity index (χ1) is 13.0. The van der Waals surface area contributed by atoms with Crippen molar-refractivity contribution in [3.8, 4) is 0 Å². The molecule has 0 aliphatic carbocycles. The van der Waals surface area contributed by atoms with E-state index in [1.165, 1.54) is 31.0 Å². The molecule has 1 atom stereocenters. The minimum atomic E-state index is -0.769. The Morgan fingerprint density at radius 1 is 1.33 bits per heavy atom. The number of methoxy groups -OCH3 is 1. The van der Waals surface area contributed by atoms with Gasteiger partial charge in [0.2, 0.25) is 5.82 Å². The van der Waals surface area contributed by atoms with E-state index < -0.39 is 10.3 Å². The zero-order valence-electron chi connectivity index (χ0n) is 15.1. The molecule has 1 fully saturated rings. The standard InChI is InChI=1S/C19H22N4O4/c1-27-18(24)19(13-21-17-16(23(25)26)8-5-10-20-17)9-11-22(14-19)12-15-6-3-2-4-7-15/h2-8,10H,9,11-14H2,1H3,(H,20,21). The largest absolute Gasteiger partial charge is 0.469 e. The molecule has 8 heteroatoms. The lowest BCUT2D eigenvalue weighted by Crippen LogP contribution is -2.41. The Morgan fingerprint density at radius 2 is 2.11 bits per heavy atom. The zero-order valence-corrected chi connectivity index (χ0v) is 15.1. The maximum atomic E-state index is 12.5. The monoisotopic (exact) mass is 370 g/mol. The maximum absolute atomic E-state index is 12.5. The zero-order chi connectivity index (χ0) is 19.3. The number of pyridine rings is 1. The van der Waals surface area contributed by atoms with Crippen LogP contribution in [0.25, 0.3) is 0 Å². The summed E-state index contributed by atoms with van der Waals surface area (Å²) in [4.78, 5) is 29.5. The van der Waals surface area contributed by atoms with Crippen LogP contribution in [0.3, 0.4) is 0 Å². The minimum Gasteiger partial charge on any atom is -0.469 e. The summed E-state index contributed by atoms with van der Waals surface area (Å²) in [6, 6.07) is 12.9. The number of esters is 1. The lowest BCUT2D eigenvalue weighted by Gasteiger charge is -2.27. The predicted octanol–water partition coefficient (Wildman–Crippen LogP) is 2.47. The highest BCUT2D eigenvalue weighted by atomic mass is 16.6. The van der Waals surface area contributed by atoms with E-state index in [1.807, 2.05) is 30.3 Å². The fraction of sp³-hybridized carbons (Fsp3) is 0.368. The van der Waals surface area contributed by atoms with Gasteiger partial charge in [-0.05, 0) is 24.6 Å². The number of hydrogen-bond acceptors (Lipinski definition) is 7. The topological polar surface area (TPSA) is 97.6 Å². The molecule has 2 heterocycles. The predicted molar refractivity (Wildman–Crippen MR) is 100 cm³/mol. The molecule has 1 aliphatic heterocycles. The first-order valence-electron chi connectivity index (χ1n) is 8.72. The Kier molecular flexibility index (Phi) is 5.66. The van der Waals surface area contributed by atoms with Gasteiger partial charge in [0.1, 0.15) is 0 Å². The molecule has 1 saturated heterocycles. The van der Waals surface area contributed by atoms with E-state index in [9.17, 15) is 14.9 Å². The molecular weight excluding hydrogens is 348 g/mol. The highest BCUT2D eigenvalue weighted by Crippen LogP contribution is 2.34. The fourth-order valence-corrected chi connectivity index (χ4v) is 3.47. The molecule has 0 saturated carbocycles. The second kappa shape index (κ2) is 8.13. The second-order valence-corrected chi connectivity index (χ2v) is 6.70. The third-order valence-corrected chi connectivity index (χ3v) is 4.88. The van der Waals surface area contributed by atoms with Gasteiger partial charge in [0.15, 0.2) is 0 Å². The van der Waals surface area contributed by atoms with Crippen LogP contribution in [0.2, 0.25) is 0 Å². The van der Waals surface area contributed by atoms with Crippen molar-refractivity contribution in [2.75, 3.05) is 32.1 Å². The summed E-state index contributed by atoms with van der Waals surface area (Å²) in [5.74, 6) is -0.156. The van der Waals surface area contributed by atoms with Gasteiger partial charge in [0.25, 0.3) is 0 Å². The van der Waals surface area contributed by atoms with Crippen LogP contribution >= 0.6 is 0 Å². The summed E-state index contributed by atoms with van der Waals surface area (Å²) >= 11 is 0. The first kappa shape index (κ1) is 18.8. The van der Waals surface area contributed by atoms with Crippen LogP contribution in [0.1, 0.15) is 12.0 Å². The van der Waals surface area contributed by atoms with Gasteiger partial charge in [-0.2, -0.15) is 0 Å². The van der Waals surface area contributed by atoms with Crippen molar-refractivity contribution < 1.29 is 14.5 Å². The average Bonchev–Trinajstić information content (AvgIpc) is 3.10. The molecule has 0 radical (unpaired) electrons. The van der Waals surface area contributed by atoms with Crippen molar-refractivity contribution in [1.82, 2.24) is 9.88 Å². The van der Waals surface area contributed by atoms with Gasteiger partial charge in [-0.3, -0.25) is 19.8 Å². The molecule has 0 bridgehead atoms. The van der Waals surface area contributed by atoms with Gasteiger partial charge < -0.3 is 10.1 Å². The third-order valence-electron chi connectivity index (χ3n) is 4.88. The Bertz CT molecular complexity index is 814. The molecule has 27 heavy (non-hydrogen) atoms. The van der Waals surface area contributed by atoms with E-state index in [2.05, 4.69) is 15.2 Å². The number of nitrogens with one attached hydrogen (secondary N) is 1.